The van der Waals surface area contributed by atoms with Gasteiger partial charge in [0.15, 0.2) is 5.96 Å². The first-order valence-corrected chi connectivity index (χ1v) is 11.2. The van der Waals surface area contributed by atoms with Crippen molar-refractivity contribution in [2.45, 2.75) is 45.1 Å². The maximum atomic E-state index is 5.92. The number of ether oxygens (including phenoxy) is 3. The minimum atomic E-state index is 0. The van der Waals surface area contributed by atoms with E-state index in [1.807, 2.05) is 24.3 Å². The van der Waals surface area contributed by atoms with Gasteiger partial charge < -0.3 is 24.8 Å². The number of nitrogens with zero attached hydrogens (tertiary/aromatic N) is 1. The van der Waals surface area contributed by atoms with Crippen LogP contribution in [0.5, 0.6) is 0 Å². The van der Waals surface area contributed by atoms with Crippen LogP contribution in [0.1, 0.15) is 36.0 Å². The van der Waals surface area contributed by atoms with E-state index in [-0.39, 0.29) is 24.0 Å². The van der Waals surface area contributed by atoms with Crippen LogP contribution >= 0.6 is 24.0 Å². The fourth-order valence-corrected chi connectivity index (χ4v) is 3.49. The molecule has 3 rings (SSSR count). The van der Waals surface area contributed by atoms with Crippen LogP contribution in [0.4, 0.5) is 0 Å². The van der Waals surface area contributed by atoms with Gasteiger partial charge >= 0.3 is 0 Å². The zero-order chi connectivity index (χ0) is 21.6. The molecule has 1 aliphatic heterocycles. The van der Waals surface area contributed by atoms with Gasteiger partial charge in [-0.2, -0.15) is 0 Å². The summed E-state index contributed by atoms with van der Waals surface area (Å²) < 4.78 is 17.2. The number of nitrogens with one attached hydrogen (secondary N) is 2. The quantitative estimate of drug-likeness (QED) is 0.178. The smallest absolute Gasteiger partial charge is 0.191 e. The molecule has 32 heavy (non-hydrogen) atoms. The highest BCUT2D eigenvalue weighted by Crippen LogP contribution is 2.12. The summed E-state index contributed by atoms with van der Waals surface area (Å²) in [6.07, 6.45) is 3.49. The molecular formula is C25H36IN3O3. The Bertz CT molecular complexity index is 783. The van der Waals surface area contributed by atoms with Gasteiger partial charge in [-0.1, -0.05) is 54.6 Å². The molecule has 0 aromatic heterocycles. The van der Waals surface area contributed by atoms with E-state index >= 15 is 0 Å². The molecule has 2 aromatic carbocycles. The Balaban J connectivity index is 0.00000363. The van der Waals surface area contributed by atoms with E-state index in [9.17, 15) is 0 Å². The van der Waals surface area contributed by atoms with Crippen LogP contribution in [0.3, 0.4) is 0 Å². The van der Waals surface area contributed by atoms with Crippen LogP contribution in [-0.4, -0.2) is 45.5 Å². The van der Waals surface area contributed by atoms with Gasteiger partial charge in [0, 0.05) is 33.4 Å². The zero-order valence-electron chi connectivity index (χ0n) is 18.9. The van der Waals surface area contributed by atoms with Crippen molar-refractivity contribution in [1.29, 1.82) is 0 Å². The van der Waals surface area contributed by atoms with Crippen LogP contribution in [0, 0.1) is 0 Å². The third-order valence-electron chi connectivity index (χ3n) is 5.24. The lowest BCUT2D eigenvalue weighted by molar-refractivity contribution is 0.0168. The number of guanidine groups is 1. The number of benzene rings is 2. The maximum absolute atomic E-state index is 5.92. The first-order valence-electron chi connectivity index (χ1n) is 11.2. The molecule has 1 aliphatic rings. The van der Waals surface area contributed by atoms with Crippen molar-refractivity contribution in [3.63, 3.8) is 0 Å². The van der Waals surface area contributed by atoms with Gasteiger partial charge in [0.25, 0.3) is 0 Å². The van der Waals surface area contributed by atoms with E-state index < -0.39 is 0 Å². The fraction of sp³-hybridized carbons (Fsp3) is 0.480. The highest BCUT2D eigenvalue weighted by molar-refractivity contribution is 14.0. The highest BCUT2D eigenvalue weighted by atomic mass is 127. The highest BCUT2D eigenvalue weighted by Gasteiger charge is 2.14. The largest absolute Gasteiger partial charge is 0.379 e. The van der Waals surface area contributed by atoms with E-state index in [0.29, 0.717) is 32.5 Å². The van der Waals surface area contributed by atoms with Crippen molar-refractivity contribution in [1.82, 2.24) is 10.6 Å². The monoisotopic (exact) mass is 553 g/mol. The molecule has 0 bridgehead atoms. The molecule has 6 nitrogen and oxygen atoms in total. The van der Waals surface area contributed by atoms with Crippen molar-refractivity contribution in [3.05, 3.63) is 71.3 Å². The third-order valence-corrected chi connectivity index (χ3v) is 5.24. The van der Waals surface area contributed by atoms with Gasteiger partial charge in [-0.25, -0.2) is 0 Å². The topological polar surface area (TPSA) is 64.1 Å². The molecule has 1 heterocycles. The van der Waals surface area contributed by atoms with Crippen molar-refractivity contribution in [3.8, 4) is 0 Å². The Morgan fingerprint density at radius 3 is 2.53 bits per heavy atom. The molecule has 0 saturated carbocycles. The molecule has 0 aliphatic carbocycles. The second-order valence-electron chi connectivity index (χ2n) is 7.66. The zero-order valence-corrected chi connectivity index (χ0v) is 21.3. The molecule has 176 valence electrons. The Morgan fingerprint density at radius 2 is 1.78 bits per heavy atom. The van der Waals surface area contributed by atoms with Crippen molar-refractivity contribution >= 4 is 29.9 Å². The summed E-state index contributed by atoms with van der Waals surface area (Å²) in [5.41, 5.74) is 3.57. The number of halogens is 1. The van der Waals surface area contributed by atoms with Gasteiger partial charge in [-0.05, 0) is 36.0 Å². The minimum Gasteiger partial charge on any atom is -0.379 e. The van der Waals surface area contributed by atoms with E-state index in [4.69, 9.17) is 14.2 Å². The molecule has 1 saturated heterocycles. The Morgan fingerprint density at radius 1 is 1.00 bits per heavy atom. The average Bonchev–Trinajstić information content (AvgIpc) is 3.33. The third kappa shape index (κ3) is 9.85. The first-order chi connectivity index (χ1) is 15.3. The average molecular weight is 553 g/mol. The predicted molar refractivity (Wildman–Crippen MR) is 139 cm³/mol. The van der Waals surface area contributed by atoms with Gasteiger partial charge in [0.2, 0.25) is 0 Å². The van der Waals surface area contributed by atoms with Crippen LogP contribution in [0.2, 0.25) is 0 Å². The van der Waals surface area contributed by atoms with E-state index in [0.717, 1.165) is 45.0 Å². The Kier molecular flexibility index (Phi) is 13.3. The summed E-state index contributed by atoms with van der Waals surface area (Å²) in [7, 11) is 1.79. The summed E-state index contributed by atoms with van der Waals surface area (Å²) in [6.45, 7) is 5.01. The van der Waals surface area contributed by atoms with Crippen LogP contribution in [0.15, 0.2) is 59.6 Å². The normalized spacial score (nSPS) is 15.9. The number of hydrogen-bond donors (Lipinski definition) is 2. The molecule has 0 amide bonds. The van der Waals surface area contributed by atoms with E-state index in [1.165, 1.54) is 16.7 Å². The number of hydrogen-bond acceptors (Lipinski definition) is 4. The molecule has 0 radical (unpaired) electrons. The van der Waals surface area contributed by atoms with Gasteiger partial charge in [0.1, 0.15) is 0 Å². The Hall–Kier alpha value is -1.68. The second-order valence-corrected chi connectivity index (χ2v) is 7.66. The lowest BCUT2D eigenvalue weighted by atomic mass is 10.1. The Labute approximate surface area is 209 Å². The molecular weight excluding hydrogens is 517 g/mol. The van der Waals surface area contributed by atoms with Crippen molar-refractivity contribution in [2.75, 3.05) is 33.4 Å². The lowest BCUT2D eigenvalue weighted by Crippen LogP contribution is -2.37. The van der Waals surface area contributed by atoms with Gasteiger partial charge in [-0.15, -0.1) is 24.0 Å². The van der Waals surface area contributed by atoms with Gasteiger partial charge in [-0.3, -0.25) is 4.99 Å². The summed E-state index contributed by atoms with van der Waals surface area (Å²) in [4.78, 5) is 4.32. The summed E-state index contributed by atoms with van der Waals surface area (Å²) >= 11 is 0. The first kappa shape index (κ1) is 26.6. The summed E-state index contributed by atoms with van der Waals surface area (Å²) in [5.74, 6) is 0.791. The van der Waals surface area contributed by atoms with Crippen LogP contribution in [-0.2, 0) is 34.0 Å². The summed E-state index contributed by atoms with van der Waals surface area (Å²) in [5, 5.41) is 6.74. The molecule has 7 heteroatoms. The second kappa shape index (κ2) is 16.0. The molecule has 2 aromatic rings. The van der Waals surface area contributed by atoms with Crippen molar-refractivity contribution in [2.24, 2.45) is 4.99 Å². The lowest BCUT2D eigenvalue weighted by Gasteiger charge is -2.15. The minimum absolute atomic E-state index is 0. The maximum Gasteiger partial charge on any atom is 0.191 e. The molecule has 0 spiro atoms. The van der Waals surface area contributed by atoms with E-state index in [2.05, 4.69) is 46.0 Å². The summed E-state index contributed by atoms with van der Waals surface area (Å²) in [6, 6.07) is 18.6. The molecule has 2 N–H and O–H groups in total. The molecule has 1 atom stereocenters. The van der Waals surface area contributed by atoms with Crippen LogP contribution in [0.25, 0.3) is 0 Å². The van der Waals surface area contributed by atoms with E-state index in [1.54, 1.807) is 7.05 Å². The van der Waals surface area contributed by atoms with Crippen molar-refractivity contribution < 1.29 is 14.2 Å². The predicted octanol–water partition coefficient (Wildman–Crippen LogP) is 4.27. The molecule has 1 fully saturated rings. The SMILES string of the molecule is CN=C(NCCCOCC1CCCO1)NCc1ccccc1COCc1ccccc1.I. The van der Waals surface area contributed by atoms with Crippen LogP contribution < -0.4 is 10.6 Å². The number of rotatable bonds is 12. The van der Waals surface area contributed by atoms with Gasteiger partial charge in [0.05, 0.1) is 25.9 Å². The number of aliphatic imine (C=N–C) groups is 1. The molecule has 1 unspecified atom stereocenters. The standard InChI is InChI=1S/C25H35N3O3.HI/c1-26-25(27-14-8-15-29-20-24-13-7-16-31-24)28-17-22-11-5-6-12-23(22)19-30-18-21-9-3-2-4-10-21;/h2-6,9-12,24H,7-8,13-20H2,1H3,(H2,26,27,28);1H. The fourth-order valence-electron chi connectivity index (χ4n) is 3.49.